The zero-order valence-electron chi connectivity index (χ0n) is 11.3. The average Bonchev–Trinajstić information content (AvgIpc) is 2.91. The van der Waals surface area contributed by atoms with Crippen molar-refractivity contribution in [3.05, 3.63) is 48.7 Å². The van der Waals surface area contributed by atoms with Crippen molar-refractivity contribution in [2.45, 2.75) is 9.79 Å². The van der Waals surface area contributed by atoms with Crippen LogP contribution in [0.4, 0.5) is 0 Å². The van der Waals surface area contributed by atoms with E-state index in [1.54, 1.807) is 26.0 Å². The Morgan fingerprint density at radius 3 is 2.45 bits per heavy atom. The molecule has 1 N–H and O–H groups in total. The Hall–Kier alpha value is -2.07. The van der Waals surface area contributed by atoms with E-state index in [0.717, 1.165) is 32.2 Å². The van der Waals surface area contributed by atoms with Gasteiger partial charge in [-0.05, 0) is 36.4 Å². The number of aromatic amines is 1. The molecule has 0 aliphatic heterocycles. The van der Waals surface area contributed by atoms with Gasteiger partial charge in [-0.2, -0.15) is 0 Å². The molecule has 0 bridgehead atoms. The first-order valence-corrected chi connectivity index (χ1v) is 7.09. The fourth-order valence-corrected chi connectivity index (χ4v) is 3.10. The quantitative estimate of drug-likeness (QED) is 0.774. The number of H-pyrrole nitrogens is 1. The minimum atomic E-state index is 0.867. The van der Waals surface area contributed by atoms with Gasteiger partial charge >= 0.3 is 0 Å². The van der Waals surface area contributed by atoms with Gasteiger partial charge in [0.1, 0.15) is 11.5 Å². The molecule has 0 unspecified atom stereocenters. The molecule has 0 spiro atoms. The van der Waals surface area contributed by atoms with Crippen LogP contribution < -0.4 is 9.47 Å². The van der Waals surface area contributed by atoms with Crippen molar-refractivity contribution in [2.75, 3.05) is 14.2 Å². The number of benzene rings is 2. The summed E-state index contributed by atoms with van der Waals surface area (Å²) in [7, 11) is 3.37. The lowest BCUT2D eigenvalue weighted by Crippen LogP contribution is -1.84. The van der Waals surface area contributed by atoms with Gasteiger partial charge in [0.15, 0.2) is 0 Å². The highest BCUT2D eigenvalue weighted by Gasteiger charge is 2.10. The van der Waals surface area contributed by atoms with Gasteiger partial charge in [0, 0.05) is 16.0 Å². The first-order valence-electron chi connectivity index (χ1n) is 6.28. The van der Waals surface area contributed by atoms with Crippen molar-refractivity contribution in [3.8, 4) is 11.5 Å². The van der Waals surface area contributed by atoms with E-state index < -0.39 is 0 Å². The number of hydrogen-bond acceptors (Lipinski definition) is 3. The number of rotatable bonds is 4. The summed E-state index contributed by atoms with van der Waals surface area (Å²) in [5.74, 6) is 1.76. The normalized spacial score (nSPS) is 10.7. The number of nitrogens with one attached hydrogen (secondary N) is 1. The number of hydrogen-bond donors (Lipinski definition) is 1. The zero-order valence-corrected chi connectivity index (χ0v) is 12.2. The number of fused-ring (bicyclic) bond motifs is 1. The van der Waals surface area contributed by atoms with E-state index >= 15 is 0 Å². The van der Waals surface area contributed by atoms with Crippen molar-refractivity contribution < 1.29 is 9.47 Å². The van der Waals surface area contributed by atoms with Crippen LogP contribution in [-0.2, 0) is 0 Å². The van der Waals surface area contributed by atoms with Crippen molar-refractivity contribution in [1.82, 2.24) is 4.98 Å². The molecule has 0 aliphatic rings. The summed E-state index contributed by atoms with van der Waals surface area (Å²) < 4.78 is 10.6. The van der Waals surface area contributed by atoms with Crippen LogP contribution in [-0.4, -0.2) is 19.2 Å². The molecule has 4 heteroatoms. The van der Waals surface area contributed by atoms with Crippen LogP contribution in [0.1, 0.15) is 0 Å². The SMILES string of the molecule is COc1ccc(Sc2c[nH]c3cccc(OC)c23)cc1. The topological polar surface area (TPSA) is 34.2 Å². The van der Waals surface area contributed by atoms with E-state index in [2.05, 4.69) is 23.2 Å². The lowest BCUT2D eigenvalue weighted by Gasteiger charge is -2.05. The Morgan fingerprint density at radius 2 is 1.75 bits per heavy atom. The molecule has 0 aliphatic carbocycles. The number of methoxy groups -OCH3 is 2. The first-order chi connectivity index (χ1) is 9.81. The highest BCUT2D eigenvalue weighted by Crippen LogP contribution is 2.38. The average molecular weight is 285 g/mol. The molecule has 0 radical (unpaired) electrons. The molecule has 102 valence electrons. The van der Waals surface area contributed by atoms with Gasteiger partial charge in [0.2, 0.25) is 0 Å². The van der Waals surface area contributed by atoms with Gasteiger partial charge < -0.3 is 14.5 Å². The molecule has 3 aromatic rings. The second-order valence-electron chi connectivity index (χ2n) is 4.31. The Kier molecular flexibility index (Phi) is 3.56. The maximum absolute atomic E-state index is 5.45. The molecule has 0 amide bonds. The smallest absolute Gasteiger partial charge is 0.129 e. The molecule has 2 aromatic carbocycles. The van der Waals surface area contributed by atoms with Crippen LogP contribution in [0, 0.1) is 0 Å². The molecule has 0 fully saturated rings. The van der Waals surface area contributed by atoms with Crippen molar-refractivity contribution in [3.63, 3.8) is 0 Å². The molecule has 1 heterocycles. The van der Waals surface area contributed by atoms with Crippen LogP contribution in [0.2, 0.25) is 0 Å². The summed E-state index contributed by atoms with van der Waals surface area (Å²) in [5, 5.41) is 1.12. The Morgan fingerprint density at radius 1 is 0.950 bits per heavy atom. The van der Waals surface area contributed by atoms with Gasteiger partial charge in [0.05, 0.1) is 25.1 Å². The third-order valence-electron chi connectivity index (χ3n) is 3.14. The first kappa shape index (κ1) is 12.9. The maximum Gasteiger partial charge on any atom is 0.129 e. The van der Waals surface area contributed by atoms with Crippen LogP contribution >= 0.6 is 11.8 Å². The lowest BCUT2D eigenvalue weighted by molar-refractivity contribution is 0.414. The molecular formula is C16H15NO2S. The van der Waals surface area contributed by atoms with E-state index in [9.17, 15) is 0 Å². The predicted octanol–water partition coefficient (Wildman–Crippen LogP) is 4.34. The van der Waals surface area contributed by atoms with Crippen LogP contribution in [0.15, 0.2) is 58.5 Å². The maximum atomic E-state index is 5.45. The van der Waals surface area contributed by atoms with Crippen LogP contribution in [0.3, 0.4) is 0 Å². The molecule has 1 aromatic heterocycles. The Bertz CT molecular complexity index is 719. The van der Waals surface area contributed by atoms with Crippen molar-refractivity contribution in [1.29, 1.82) is 0 Å². The Labute approximate surface area is 121 Å². The van der Waals surface area contributed by atoms with Gasteiger partial charge in [-0.25, -0.2) is 0 Å². The summed E-state index contributed by atoms with van der Waals surface area (Å²) in [4.78, 5) is 5.60. The molecule has 20 heavy (non-hydrogen) atoms. The van der Waals surface area contributed by atoms with E-state index in [4.69, 9.17) is 9.47 Å². The zero-order chi connectivity index (χ0) is 13.9. The lowest BCUT2D eigenvalue weighted by atomic mass is 10.2. The van der Waals surface area contributed by atoms with Crippen molar-refractivity contribution >= 4 is 22.7 Å². The Balaban J connectivity index is 1.97. The standard InChI is InChI=1S/C16H15NO2S/c1-18-11-6-8-12(9-7-11)20-15-10-17-13-4-3-5-14(19-2)16(13)15/h3-10,17H,1-2H3. The number of aromatic nitrogens is 1. The third kappa shape index (κ3) is 2.34. The second-order valence-corrected chi connectivity index (χ2v) is 5.43. The molecule has 0 atom stereocenters. The van der Waals surface area contributed by atoms with E-state index in [1.807, 2.05) is 30.5 Å². The highest BCUT2D eigenvalue weighted by molar-refractivity contribution is 7.99. The second kappa shape index (κ2) is 5.51. The summed E-state index contributed by atoms with van der Waals surface area (Å²) in [5.41, 5.74) is 1.08. The van der Waals surface area contributed by atoms with E-state index in [-0.39, 0.29) is 0 Å². The van der Waals surface area contributed by atoms with E-state index in [0.29, 0.717) is 0 Å². The van der Waals surface area contributed by atoms with Gasteiger partial charge in [0.25, 0.3) is 0 Å². The predicted molar refractivity (Wildman–Crippen MR) is 82.0 cm³/mol. The minimum Gasteiger partial charge on any atom is -0.497 e. The fourth-order valence-electron chi connectivity index (χ4n) is 2.14. The number of ether oxygens (including phenoxy) is 2. The summed E-state index contributed by atoms with van der Waals surface area (Å²) in [6.45, 7) is 0. The highest BCUT2D eigenvalue weighted by atomic mass is 32.2. The monoisotopic (exact) mass is 285 g/mol. The van der Waals surface area contributed by atoms with Gasteiger partial charge in [-0.3, -0.25) is 0 Å². The summed E-state index contributed by atoms with van der Waals surface area (Å²) in [6.07, 6.45) is 2.02. The molecular weight excluding hydrogens is 270 g/mol. The molecule has 3 nitrogen and oxygen atoms in total. The molecule has 0 saturated carbocycles. The minimum absolute atomic E-state index is 0.867. The third-order valence-corrected chi connectivity index (χ3v) is 4.19. The molecule has 0 saturated heterocycles. The molecule has 3 rings (SSSR count). The van der Waals surface area contributed by atoms with Gasteiger partial charge in [-0.15, -0.1) is 0 Å². The van der Waals surface area contributed by atoms with Crippen molar-refractivity contribution in [2.24, 2.45) is 0 Å². The van der Waals surface area contributed by atoms with Crippen LogP contribution in [0.25, 0.3) is 10.9 Å². The fraction of sp³-hybridized carbons (Fsp3) is 0.125. The summed E-state index contributed by atoms with van der Waals surface area (Å²) in [6, 6.07) is 14.1. The van der Waals surface area contributed by atoms with E-state index in [1.165, 1.54) is 0 Å². The summed E-state index contributed by atoms with van der Waals surface area (Å²) >= 11 is 1.71. The largest absolute Gasteiger partial charge is 0.497 e. The van der Waals surface area contributed by atoms with Crippen LogP contribution in [0.5, 0.6) is 11.5 Å². The van der Waals surface area contributed by atoms with Gasteiger partial charge in [-0.1, -0.05) is 17.8 Å².